The summed E-state index contributed by atoms with van der Waals surface area (Å²) in [5.74, 6) is 1.17. The molecule has 0 radical (unpaired) electrons. The SMILES string of the molecule is Cc1cc(-c2n[nH]c(-c3ccc(NC(C)C)nc3)c2C(C)C)cn2ncnc12. The number of hydrogen-bond donors (Lipinski definition) is 2. The summed E-state index contributed by atoms with van der Waals surface area (Å²) < 4.78 is 1.80. The Morgan fingerprint density at radius 2 is 1.89 bits per heavy atom. The van der Waals surface area contributed by atoms with Crippen LogP contribution in [0.3, 0.4) is 0 Å². The van der Waals surface area contributed by atoms with Gasteiger partial charge in [-0.05, 0) is 50.5 Å². The summed E-state index contributed by atoms with van der Waals surface area (Å²) in [5, 5.41) is 15.5. The molecule has 4 heterocycles. The lowest BCUT2D eigenvalue weighted by Gasteiger charge is -2.12. The zero-order valence-corrected chi connectivity index (χ0v) is 16.9. The number of aromatic amines is 1. The third-order valence-corrected chi connectivity index (χ3v) is 4.70. The fraction of sp³-hybridized carbons (Fsp3) is 0.333. The van der Waals surface area contributed by atoms with Crippen molar-refractivity contribution < 1.29 is 0 Å². The van der Waals surface area contributed by atoms with Crippen LogP contribution in [0.2, 0.25) is 0 Å². The maximum atomic E-state index is 4.66. The Morgan fingerprint density at radius 3 is 2.57 bits per heavy atom. The Morgan fingerprint density at radius 1 is 1.07 bits per heavy atom. The molecule has 4 aromatic rings. The minimum Gasteiger partial charge on any atom is -0.368 e. The second-order valence-corrected chi connectivity index (χ2v) is 7.69. The third-order valence-electron chi connectivity index (χ3n) is 4.70. The van der Waals surface area contributed by atoms with Crippen LogP contribution in [0, 0.1) is 6.92 Å². The summed E-state index contributed by atoms with van der Waals surface area (Å²) in [6, 6.07) is 6.54. The smallest absolute Gasteiger partial charge is 0.158 e. The predicted molar refractivity (Wildman–Crippen MR) is 111 cm³/mol. The van der Waals surface area contributed by atoms with E-state index in [4.69, 9.17) is 0 Å². The number of anilines is 1. The van der Waals surface area contributed by atoms with Crippen molar-refractivity contribution >= 4 is 11.5 Å². The van der Waals surface area contributed by atoms with Crippen LogP contribution in [0.5, 0.6) is 0 Å². The molecule has 0 aliphatic rings. The van der Waals surface area contributed by atoms with Crippen LogP contribution in [0.1, 0.15) is 44.7 Å². The van der Waals surface area contributed by atoms with E-state index in [1.165, 1.54) is 5.56 Å². The quantitative estimate of drug-likeness (QED) is 0.539. The molecule has 7 heteroatoms. The topological polar surface area (TPSA) is 83.8 Å². The van der Waals surface area contributed by atoms with Gasteiger partial charge in [0, 0.05) is 35.1 Å². The maximum Gasteiger partial charge on any atom is 0.158 e. The molecule has 0 aliphatic carbocycles. The van der Waals surface area contributed by atoms with Gasteiger partial charge < -0.3 is 5.32 Å². The molecule has 4 rings (SSSR count). The van der Waals surface area contributed by atoms with Gasteiger partial charge in [-0.25, -0.2) is 14.5 Å². The Labute approximate surface area is 164 Å². The molecule has 4 aromatic heterocycles. The van der Waals surface area contributed by atoms with Crippen LogP contribution in [-0.2, 0) is 0 Å². The zero-order valence-electron chi connectivity index (χ0n) is 16.9. The van der Waals surface area contributed by atoms with E-state index in [9.17, 15) is 0 Å². The van der Waals surface area contributed by atoms with E-state index in [1.54, 1.807) is 10.8 Å². The van der Waals surface area contributed by atoms with Gasteiger partial charge in [0.05, 0.1) is 11.4 Å². The first-order valence-electron chi connectivity index (χ1n) is 9.55. The number of aromatic nitrogens is 6. The van der Waals surface area contributed by atoms with E-state index < -0.39 is 0 Å². The molecule has 0 amide bonds. The van der Waals surface area contributed by atoms with Gasteiger partial charge in [0.1, 0.15) is 12.1 Å². The van der Waals surface area contributed by atoms with Gasteiger partial charge in [-0.3, -0.25) is 5.10 Å². The predicted octanol–water partition coefficient (Wildman–Crippen LogP) is 4.43. The normalized spacial score (nSPS) is 11.7. The number of aryl methyl sites for hydroxylation is 1. The van der Waals surface area contributed by atoms with Crippen molar-refractivity contribution in [3.8, 4) is 22.5 Å². The van der Waals surface area contributed by atoms with Gasteiger partial charge in [0.25, 0.3) is 0 Å². The second kappa shape index (κ2) is 7.07. The molecular formula is C21H25N7. The molecule has 144 valence electrons. The van der Waals surface area contributed by atoms with Crippen LogP contribution in [0.15, 0.2) is 36.9 Å². The molecule has 0 bridgehead atoms. The van der Waals surface area contributed by atoms with Crippen LogP contribution in [0.25, 0.3) is 28.2 Å². The van der Waals surface area contributed by atoms with Gasteiger partial charge in [-0.1, -0.05) is 13.8 Å². The second-order valence-electron chi connectivity index (χ2n) is 7.69. The number of hydrogen-bond acceptors (Lipinski definition) is 5. The van der Waals surface area contributed by atoms with Crippen molar-refractivity contribution in [3.05, 3.63) is 48.0 Å². The Balaban J connectivity index is 1.79. The van der Waals surface area contributed by atoms with Crippen LogP contribution in [0.4, 0.5) is 5.82 Å². The van der Waals surface area contributed by atoms with E-state index in [0.29, 0.717) is 12.0 Å². The summed E-state index contributed by atoms with van der Waals surface area (Å²) in [4.78, 5) is 8.85. The fourth-order valence-electron chi connectivity index (χ4n) is 3.50. The summed E-state index contributed by atoms with van der Waals surface area (Å²) in [6.45, 7) is 10.6. The van der Waals surface area contributed by atoms with E-state index in [1.807, 2.05) is 25.4 Å². The van der Waals surface area contributed by atoms with Crippen LogP contribution in [-0.4, -0.2) is 35.8 Å². The van der Waals surface area contributed by atoms with E-state index in [-0.39, 0.29) is 0 Å². The highest BCUT2D eigenvalue weighted by Gasteiger charge is 2.20. The number of fused-ring (bicyclic) bond motifs is 1. The number of pyridine rings is 2. The standard InChI is InChI=1S/C21H25N7/c1-12(2)18-19(15-6-7-17(22-9-15)25-13(3)4)26-27-20(18)16-8-14(5)21-23-11-24-28(21)10-16/h6-13H,1-5H3,(H,22,25)(H,26,27). The molecule has 28 heavy (non-hydrogen) atoms. The number of nitrogens with one attached hydrogen (secondary N) is 2. The van der Waals surface area contributed by atoms with Gasteiger partial charge in [0.2, 0.25) is 0 Å². The Hall–Kier alpha value is -3.22. The van der Waals surface area contributed by atoms with Gasteiger partial charge in [-0.15, -0.1) is 0 Å². The molecule has 0 atom stereocenters. The average Bonchev–Trinajstić information content (AvgIpc) is 3.29. The first-order valence-corrected chi connectivity index (χ1v) is 9.55. The van der Waals surface area contributed by atoms with Crippen molar-refractivity contribution in [1.29, 1.82) is 0 Å². The van der Waals surface area contributed by atoms with Crippen molar-refractivity contribution in [2.45, 2.75) is 46.6 Å². The van der Waals surface area contributed by atoms with E-state index >= 15 is 0 Å². The Bertz CT molecular complexity index is 1100. The molecule has 0 saturated heterocycles. The lowest BCUT2D eigenvalue weighted by molar-refractivity contribution is 0.870. The molecule has 0 unspecified atom stereocenters. The summed E-state index contributed by atoms with van der Waals surface area (Å²) in [7, 11) is 0. The third kappa shape index (κ3) is 3.24. The first kappa shape index (κ1) is 18.2. The van der Waals surface area contributed by atoms with Crippen molar-refractivity contribution in [2.24, 2.45) is 0 Å². The first-order chi connectivity index (χ1) is 13.4. The summed E-state index contributed by atoms with van der Waals surface area (Å²) in [6.07, 6.45) is 5.44. The molecule has 0 aliphatic heterocycles. The highest BCUT2D eigenvalue weighted by molar-refractivity contribution is 5.75. The number of rotatable bonds is 5. The van der Waals surface area contributed by atoms with Crippen molar-refractivity contribution in [2.75, 3.05) is 5.32 Å². The van der Waals surface area contributed by atoms with Gasteiger partial charge in [0.15, 0.2) is 5.65 Å². The molecular weight excluding hydrogens is 350 g/mol. The highest BCUT2D eigenvalue weighted by Crippen LogP contribution is 2.35. The zero-order chi connectivity index (χ0) is 19.8. The molecule has 0 saturated carbocycles. The van der Waals surface area contributed by atoms with E-state index in [0.717, 1.165) is 39.5 Å². The summed E-state index contributed by atoms with van der Waals surface area (Å²) in [5.41, 5.74) is 7.09. The molecule has 7 nitrogen and oxygen atoms in total. The number of H-pyrrole nitrogens is 1. The summed E-state index contributed by atoms with van der Waals surface area (Å²) >= 11 is 0. The van der Waals surface area contributed by atoms with Crippen molar-refractivity contribution in [3.63, 3.8) is 0 Å². The maximum absolute atomic E-state index is 4.66. The van der Waals surface area contributed by atoms with Crippen LogP contribution >= 0.6 is 0 Å². The van der Waals surface area contributed by atoms with Crippen molar-refractivity contribution in [1.82, 2.24) is 29.8 Å². The fourth-order valence-corrected chi connectivity index (χ4v) is 3.50. The van der Waals surface area contributed by atoms with Gasteiger partial charge >= 0.3 is 0 Å². The largest absolute Gasteiger partial charge is 0.368 e. The van der Waals surface area contributed by atoms with Crippen LogP contribution < -0.4 is 5.32 Å². The highest BCUT2D eigenvalue weighted by atomic mass is 15.3. The minimum absolute atomic E-state index is 0.295. The molecule has 2 N–H and O–H groups in total. The molecule has 0 fully saturated rings. The number of nitrogens with zero attached hydrogens (tertiary/aromatic N) is 5. The van der Waals surface area contributed by atoms with E-state index in [2.05, 4.69) is 70.4 Å². The molecule has 0 aromatic carbocycles. The molecule has 0 spiro atoms. The lowest BCUT2D eigenvalue weighted by atomic mass is 9.94. The lowest BCUT2D eigenvalue weighted by Crippen LogP contribution is -2.10. The monoisotopic (exact) mass is 375 g/mol. The minimum atomic E-state index is 0.295. The van der Waals surface area contributed by atoms with Gasteiger partial charge in [-0.2, -0.15) is 10.2 Å². The average molecular weight is 375 g/mol. The Kier molecular flexibility index (Phi) is 4.58.